The van der Waals surface area contributed by atoms with Crippen LogP contribution >= 0.6 is 22.6 Å². The van der Waals surface area contributed by atoms with Gasteiger partial charge in [0.05, 0.1) is 6.10 Å². The molecule has 0 saturated carbocycles. The number of piperidine rings is 1. The highest BCUT2D eigenvalue weighted by Gasteiger charge is 2.24. The Balaban J connectivity index is 1.85. The van der Waals surface area contributed by atoms with Gasteiger partial charge in [0.1, 0.15) is 6.61 Å². The molecule has 0 atom stereocenters. The fraction of sp³-hybridized carbons (Fsp3) is 0.429. The first-order valence-corrected chi connectivity index (χ1v) is 7.52. The van der Waals surface area contributed by atoms with Crippen LogP contribution in [0.5, 0.6) is 0 Å². The van der Waals surface area contributed by atoms with Crippen LogP contribution in [0.3, 0.4) is 0 Å². The Morgan fingerprint density at radius 1 is 1.25 bits per heavy atom. The molecule has 1 aromatic rings. The van der Waals surface area contributed by atoms with Crippen molar-refractivity contribution in [2.24, 2.45) is 0 Å². The topological polar surface area (TPSA) is 66.8 Å². The van der Waals surface area contributed by atoms with Crippen LogP contribution in [0.15, 0.2) is 24.3 Å². The fourth-order valence-corrected chi connectivity index (χ4v) is 2.55. The molecule has 20 heavy (non-hydrogen) atoms. The number of ether oxygens (including phenoxy) is 1. The van der Waals surface area contributed by atoms with Gasteiger partial charge in [-0.05, 0) is 59.7 Å². The standard InChI is InChI=1S/C14H16INO4/c15-11-3-1-10(2-4-11)14(19)16-7-5-12(6-8-16)20-9-13(17)18/h1-4,12H,5-9H2,(H,17,18). The molecule has 0 spiro atoms. The number of hydrogen-bond donors (Lipinski definition) is 1. The molecule has 1 aliphatic heterocycles. The van der Waals surface area contributed by atoms with Gasteiger partial charge in [0.15, 0.2) is 0 Å². The number of aliphatic carboxylic acids is 1. The molecule has 0 radical (unpaired) electrons. The Bertz CT molecular complexity index is 480. The van der Waals surface area contributed by atoms with Crippen LogP contribution in [0.25, 0.3) is 0 Å². The third kappa shape index (κ3) is 4.17. The maximum atomic E-state index is 12.3. The van der Waals surface area contributed by atoms with Crippen molar-refractivity contribution >= 4 is 34.5 Å². The lowest BCUT2D eigenvalue weighted by Crippen LogP contribution is -2.41. The predicted molar refractivity (Wildman–Crippen MR) is 81.7 cm³/mol. The highest BCUT2D eigenvalue weighted by atomic mass is 127. The number of carbonyl (C=O) groups excluding carboxylic acids is 1. The molecule has 1 saturated heterocycles. The zero-order valence-electron chi connectivity index (χ0n) is 10.9. The lowest BCUT2D eigenvalue weighted by molar-refractivity contribution is -0.145. The smallest absolute Gasteiger partial charge is 0.329 e. The van der Waals surface area contributed by atoms with Gasteiger partial charge in [-0.2, -0.15) is 0 Å². The lowest BCUT2D eigenvalue weighted by atomic mass is 10.1. The molecule has 1 N–H and O–H groups in total. The van der Waals surface area contributed by atoms with E-state index in [2.05, 4.69) is 22.6 Å². The molecule has 5 nitrogen and oxygen atoms in total. The van der Waals surface area contributed by atoms with Crippen molar-refractivity contribution in [3.8, 4) is 0 Å². The average molecular weight is 389 g/mol. The Hall–Kier alpha value is -1.15. The maximum absolute atomic E-state index is 12.3. The largest absolute Gasteiger partial charge is 0.480 e. The van der Waals surface area contributed by atoms with Crippen LogP contribution in [0.2, 0.25) is 0 Å². The molecule has 0 aliphatic carbocycles. The number of halogens is 1. The van der Waals surface area contributed by atoms with Crippen molar-refractivity contribution in [3.63, 3.8) is 0 Å². The zero-order valence-corrected chi connectivity index (χ0v) is 13.1. The highest BCUT2D eigenvalue weighted by Crippen LogP contribution is 2.17. The van der Waals surface area contributed by atoms with E-state index in [4.69, 9.17) is 9.84 Å². The van der Waals surface area contributed by atoms with E-state index in [0.29, 0.717) is 31.5 Å². The summed E-state index contributed by atoms with van der Waals surface area (Å²) in [4.78, 5) is 24.5. The summed E-state index contributed by atoms with van der Waals surface area (Å²) < 4.78 is 6.35. The first-order valence-electron chi connectivity index (χ1n) is 6.44. The molecular formula is C14H16INO4. The fourth-order valence-electron chi connectivity index (χ4n) is 2.19. The van der Waals surface area contributed by atoms with Gasteiger partial charge in [0.2, 0.25) is 0 Å². The summed E-state index contributed by atoms with van der Waals surface area (Å²) >= 11 is 2.20. The molecule has 1 amide bonds. The molecular weight excluding hydrogens is 373 g/mol. The number of carboxylic acid groups (broad SMARTS) is 1. The SMILES string of the molecule is O=C(O)COC1CCN(C(=O)c2ccc(I)cc2)CC1. The third-order valence-electron chi connectivity index (χ3n) is 3.26. The van der Waals surface area contributed by atoms with Crippen LogP contribution in [0.1, 0.15) is 23.2 Å². The van der Waals surface area contributed by atoms with Crippen molar-refractivity contribution in [2.45, 2.75) is 18.9 Å². The van der Waals surface area contributed by atoms with Gasteiger partial charge in [0.25, 0.3) is 5.91 Å². The summed E-state index contributed by atoms with van der Waals surface area (Å²) in [5.41, 5.74) is 0.690. The number of carboxylic acids is 1. The lowest BCUT2D eigenvalue weighted by Gasteiger charge is -2.31. The van der Waals surface area contributed by atoms with Crippen molar-refractivity contribution < 1.29 is 19.4 Å². The van der Waals surface area contributed by atoms with Crippen LogP contribution in [0, 0.1) is 3.57 Å². The second-order valence-corrected chi connectivity index (χ2v) is 5.95. The average Bonchev–Trinajstić information content (AvgIpc) is 2.46. The number of rotatable bonds is 4. The Labute approximate surface area is 131 Å². The number of benzene rings is 1. The van der Waals surface area contributed by atoms with Gasteiger partial charge < -0.3 is 14.7 Å². The second kappa shape index (κ2) is 7.03. The first-order chi connectivity index (χ1) is 9.56. The first kappa shape index (κ1) is 15.2. The Morgan fingerprint density at radius 2 is 1.85 bits per heavy atom. The van der Waals surface area contributed by atoms with E-state index in [9.17, 15) is 9.59 Å². The molecule has 6 heteroatoms. The summed E-state index contributed by atoms with van der Waals surface area (Å²) in [5.74, 6) is -0.930. The highest BCUT2D eigenvalue weighted by molar-refractivity contribution is 14.1. The minimum absolute atomic E-state index is 0.0260. The van der Waals surface area contributed by atoms with Crippen molar-refractivity contribution in [1.82, 2.24) is 4.90 Å². The van der Waals surface area contributed by atoms with Crippen molar-refractivity contribution in [2.75, 3.05) is 19.7 Å². The van der Waals surface area contributed by atoms with E-state index in [1.54, 1.807) is 4.90 Å². The molecule has 1 aliphatic rings. The number of likely N-dealkylation sites (tertiary alicyclic amines) is 1. The summed E-state index contributed by atoms with van der Waals surface area (Å²) in [6.07, 6.45) is 1.30. The van der Waals surface area contributed by atoms with Crippen LogP contribution < -0.4 is 0 Å². The predicted octanol–water partition coefficient (Wildman–Crippen LogP) is 2.00. The van der Waals surface area contributed by atoms with E-state index in [1.807, 2.05) is 24.3 Å². The summed E-state index contributed by atoms with van der Waals surface area (Å²) in [6, 6.07) is 7.49. The molecule has 1 heterocycles. The van der Waals surface area contributed by atoms with Gasteiger partial charge in [-0.1, -0.05) is 0 Å². The Morgan fingerprint density at radius 3 is 2.40 bits per heavy atom. The molecule has 0 bridgehead atoms. The monoisotopic (exact) mass is 389 g/mol. The van der Waals surface area contributed by atoms with Crippen LogP contribution in [-0.4, -0.2) is 47.7 Å². The van der Waals surface area contributed by atoms with Crippen molar-refractivity contribution in [3.05, 3.63) is 33.4 Å². The number of amides is 1. The van der Waals surface area contributed by atoms with Crippen LogP contribution in [-0.2, 0) is 9.53 Å². The molecule has 0 aromatic heterocycles. The summed E-state index contributed by atoms with van der Waals surface area (Å²) in [6.45, 7) is 0.944. The van der Waals surface area contributed by atoms with Gasteiger partial charge in [0, 0.05) is 22.2 Å². The molecule has 108 valence electrons. The molecule has 1 fully saturated rings. The number of nitrogens with zero attached hydrogens (tertiary/aromatic N) is 1. The minimum Gasteiger partial charge on any atom is -0.480 e. The number of hydrogen-bond acceptors (Lipinski definition) is 3. The zero-order chi connectivity index (χ0) is 14.5. The Kier molecular flexibility index (Phi) is 5.36. The van der Waals surface area contributed by atoms with Crippen LogP contribution in [0.4, 0.5) is 0 Å². The summed E-state index contributed by atoms with van der Waals surface area (Å²) in [5, 5.41) is 8.57. The third-order valence-corrected chi connectivity index (χ3v) is 3.98. The van der Waals surface area contributed by atoms with Gasteiger partial charge in [-0.3, -0.25) is 4.79 Å². The summed E-state index contributed by atoms with van der Waals surface area (Å²) in [7, 11) is 0. The van der Waals surface area contributed by atoms with Gasteiger partial charge >= 0.3 is 5.97 Å². The van der Waals surface area contributed by atoms with E-state index in [-0.39, 0.29) is 18.6 Å². The maximum Gasteiger partial charge on any atom is 0.329 e. The van der Waals surface area contributed by atoms with E-state index in [1.165, 1.54) is 0 Å². The van der Waals surface area contributed by atoms with Gasteiger partial charge in [-0.15, -0.1) is 0 Å². The van der Waals surface area contributed by atoms with E-state index >= 15 is 0 Å². The van der Waals surface area contributed by atoms with Gasteiger partial charge in [-0.25, -0.2) is 4.79 Å². The number of carbonyl (C=O) groups is 2. The normalized spacial score (nSPS) is 16.1. The quantitative estimate of drug-likeness (QED) is 0.801. The van der Waals surface area contributed by atoms with E-state index in [0.717, 1.165) is 3.57 Å². The second-order valence-electron chi connectivity index (χ2n) is 4.70. The minimum atomic E-state index is -0.956. The molecule has 1 aromatic carbocycles. The molecule has 2 rings (SSSR count). The molecule has 0 unspecified atom stereocenters. The van der Waals surface area contributed by atoms with Crippen molar-refractivity contribution in [1.29, 1.82) is 0 Å². The van der Waals surface area contributed by atoms with E-state index < -0.39 is 5.97 Å².